The van der Waals surface area contributed by atoms with Gasteiger partial charge in [-0.05, 0) is 43.7 Å². The van der Waals surface area contributed by atoms with Crippen molar-refractivity contribution in [2.75, 3.05) is 33.4 Å². The van der Waals surface area contributed by atoms with Crippen molar-refractivity contribution >= 4 is 5.91 Å². The molecule has 0 bridgehead atoms. The van der Waals surface area contributed by atoms with E-state index in [9.17, 15) is 4.79 Å². The molecular formula is C17H26N2O3. The zero-order valence-electron chi connectivity index (χ0n) is 13.6. The van der Waals surface area contributed by atoms with Gasteiger partial charge in [-0.2, -0.15) is 0 Å². The van der Waals surface area contributed by atoms with Crippen molar-refractivity contribution in [1.82, 2.24) is 9.47 Å². The number of carbonyl (C=O) groups excluding carboxylic acids is 1. The Balaban J connectivity index is 1.55. The van der Waals surface area contributed by atoms with Crippen LogP contribution in [0.25, 0.3) is 0 Å². The van der Waals surface area contributed by atoms with E-state index in [1.165, 1.54) is 0 Å². The molecule has 0 aromatic carbocycles. The third kappa shape index (κ3) is 3.06. The number of carbonyl (C=O) groups is 1. The number of amides is 1. The maximum absolute atomic E-state index is 12.5. The number of ether oxygens (including phenoxy) is 2. The highest BCUT2D eigenvalue weighted by atomic mass is 16.5. The lowest BCUT2D eigenvalue weighted by Crippen LogP contribution is -2.46. The molecule has 5 nitrogen and oxygen atoms in total. The third-order valence-electron chi connectivity index (χ3n) is 5.14. The average molecular weight is 306 g/mol. The average Bonchev–Trinajstić information content (AvgIpc) is 3.12. The summed E-state index contributed by atoms with van der Waals surface area (Å²) in [5, 5.41) is 0. The largest absolute Gasteiger partial charge is 0.385 e. The maximum atomic E-state index is 12.5. The topological polar surface area (TPSA) is 43.7 Å². The molecule has 122 valence electrons. The van der Waals surface area contributed by atoms with Crippen molar-refractivity contribution in [3.05, 3.63) is 24.0 Å². The predicted octanol–water partition coefficient (Wildman–Crippen LogP) is 2.07. The minimum Gasteiger partial charge on any atom is -0.385 e. The summed E-state index contributed by atoms with van der Waals surface area (Å²) in [6.45, 7) is 3.24. The fraction of sp³-hybridized carbons (Fsp3) is 0.706. The van der Waals surface area contributed by atoms with Crippen molar-refractivity contribution in [2.45, 2.75) is 31.3 Å². The first kappa shape index (κ1) is 15.6. The van der Waals surface area contributed by atoms with Crippen LogP contribution in [0.2, 0.25) is 0 Å². The zero-order valence-corrected chi connectivity index (χ0v) is 13.6. The van der Waals surface area contributed by atoms with Crippen LogP contribution in [0.4, 0.5) is 0 Å². The molecule has 0 N–H and O–H groups in total. The van der Waals surface area contributed by atoms with Crippen LogP contribution in [0.3, 0.4) is 0 Å². The van der Waals surface area contributed by atoms with Gasteiger partial charge in [0.15, 0.2) is 0 Å². The highest BCUT2D eigenvalue weighted by molar-refractivity contribution is 5.92. The molecule has 1 aromatic heterocycles. The number of methoxy groups -OCH3 is 1. The van der Waals surface area contributed by atoms with E-state index in [1.807, 2.05) is 34.8 Å². The van der Waals surface area contributed by atoms with Crippen LogP contribution in [-0.2, 0) is 16.5 Å². The van der Waals surface area contributed by atoms with Gasteiger partial charge in [0.2, 0.25) is 0 Å². The molecule has 1 spiro atoms. The molecule has 2 saturated heterocycles. The molecule has 3 heterocycles. The number of piperidine rings is 1. The maximum Gasteiger partial charge on any atom is 0.270 e. The molecule has 2 aliphatic heterocycles. The number of nitrogens with zero attached hydrogens (tertiary/aromatic N) is 2. The molecule has 0 aliphatic carbocycles. The van der Waals surface area contributed by atoms with Crippen LogP contribution in [0.5, 0.6) is 0 Å². The van der Waals surface area contributed by atoms with Gasteiger partial charge in [0.1, 0.15) is 5.69 Å². The fourth-order valence-corrected chi connectivity index (χ4v) is 3.72. The monoisotopic (exact) mass is 306 g/mol. The van der Waals surface area contributed by atoms with Gasteiger partial charge < -0.3 is 18.9 Å². The predicted molar refractivity (Wildman–Crippen MR) is 83.8 cm³/mol. The number of hydrogen-bond donors (Lipinski definition) is 0. The molecule has 0 radical (unpaired) electrons. The van der Waals surface area contributed by atoms with Gasteiger partial charge >= 0.3 is 0 Å². The van der Waals surface area contributed by atoms with E-state index < -0.39 is 0 Å². The van der Waals surface area contributed by atoms with E-state index in [-0.39, 0.29) is 11.5 Å². The SMILES string of the molecule is COCC[C@H]1COC2(CCN(C(=O)c3cccn3C)CC2)C1. The molecule has 3 rings (SSSR count). The molecule has 1 atom stereocenters. The van der Waals surface area contributed by atoms with Gasteiger partial charge in [0.25, 0.3) is 5.91 Å². The molecule has 5 heteroatoms. The smallest absolute Gasteiger partial charge is 0.270 e. The van der Waals surface area contributed by atoms with E-state index in [1.54, 1.807) is 7.11 Å². The standard InChI is InChI=1S/C17H26N2O3/c1-18-8-3-4-15(18)16(20)19-9-6-17(7-10-19)12-14(13-22-17)5-11-21-2/h3-4,8,14H,5-7,9-13H2,1-2H3/t14-/m1/s1. The quantitative estimate of drug-likeness (QED) is 0.855. The minimum absolute atomic E-state index is 0.00337. The van der Waals surface area contributed by atoms with Gasteiger partial charge in [-0.15, -0.1) is 0 Å². The summed E-state index contributed by atoms with van der Waals surface area (Å²) in [5.74, 6) is 0.742. The highest BCUT2D eigenvalue weighted by Crippen LogP contribution is 2.39. The Morgan fingerprint density at radius 1 is 1.45 bits per heavy atom. The molecular weight excluding hydrogens is 280 g/mol. The second-order valence-corrected chi connectivity index (χ2v) is 6.64. The lowest BCUT2D eigenvalue weighted by Gasteiger charge is -2.38. The van der Waals surface area contributed by atoms with Crippen molar-refractivity contribution in [3.8, 4) is 0 Å². The van der Waals surface area contributed by atoms with Crippen molar-refractivity contribution in [3.63, 3.8) is 0 Å². The molecule has 1 amide bonds. The second-order valence-electron chi connectivity index (χ2n) is 6.64. The first-order valence-electron chi connectivity index (χ1n) is 8.17. The summed E-state index contributed by atoms with van der Waals surface area (Å²) in [5.41, 5.74) is 0.768. The van der Waals surface area contributed by atoms with E-state index >= 15 is 0 Å². The fourth-order valence-electron chi connectivity index (χ4n) is 3.72. The van der Waals surface area contributed by atoms with Crippen LogP contribution < -0.4 is 0 Å². The number of hydrogen-bond acceptors (Lipinski definition) is 3. The lowest BCUT2D eigenvalue weighted by molar-refractivity contribution is -0.0393. The van der Waals surface area contributed by atoms with Crippen LogP contribution in [0, 0.1) is 5.92 Å². The van der Waals surface area contributed by atoms with Gasteiger partial charge in [-0.25, -0.2) is 0 Å². The molecule has 2 aliphatic rings. The Labute approximate surface area is 132 Å². The van der Waals surface area contributed by atoms with Crippen LogP contribution in [0.15, 0.2) is 18.3 Å². The summed E-state index contributed by atoms with van der Waals surface area (Å²) >= 11 is 0. The van der Waals surface area contributed by atoms with Gasteiger partial charge in [0.05, 0.1) is 12.2 Å². The Kier molecular flexibility index (Phi) is 4.54. The summed E-state index contributed by atoms with van der Waals surface area (Å²) in [6, 6.07) is 3.80. The second kappa shape index (κ2) is 6.42. The van der Waals surface area contributed by atoms with Crippen LogP contribution >= 0.6 is 0 Å². The van der Waals surface area contributed by atoms with E-state index in [2.05, 4.69) is 0 Å². The van der Waals surface area contributed by atoms with Gasteiger partial charge in [-0.1, -0.05) is 0 Å². The number of aromatic nitrogens is 1. The molecule has 0 unspecified atom stereocenters. The summed E-state index contributed by atoms with van der Waals surface area (Å²) < 4.78 is 13.2. The van der Waals surface area contributed by atoms with Crippen LogP contribution in [0.1, 0.15) is 36.2 Å². The van der Waals surface area contributed by atoms with Crippen LogP contribution in [-0.4, -0.2) is 54.4 Å². The Bertz CT molecular complexity index is 518. The summed E-state index contributed by atoms with van der Waals surface area (Å²) in [6.07, 6.45) is 6.01. The van der Waals surface area contributed by atoms with E-state index in [0.717, 1.165) is 57.7 Å². The number of aryl methyl sites for hydroxylation is 1. The van der Waals surface area contributed by atoms with Gasteiger partial charge in [0, 0.05) is 40.1 Å². The first-order valence-corrected chi connectivity index (χ1v) is 8.17. The Morgan fingerprint density at radius 2 is 2.23 bits per heavy atom. The first-order chi connectivity index (χ1) is 10.6. The number of rotatable bonds is 4. The van der Waals surface area contributed by atoms with E-state index in [4.69, 9.17) is 9.47 Å². The zero-order chi connectivity index (χ0) is 15.6. The number of likely N-dealkylation sites (tertiary alicyclic amines) is 1. The lowest BCUT2D eigenvalue weighted by atomic mass is 9.84. The molecule has 1 aromatic rings. The Hall–Kier alpha value is -1.33. The van der Waals surface area contributed by atoms with Crippen molar-refractivity contribution in [2.24, 2.45) is 13.0 Å². The molecule has 2 fully saturated rings. The minimum atomic E-state index is 0.00337. The van der Waals surface area contributed by atoms with E-state index in [0.29, 0.717) is 5.92 Å². The summed E-state index contributed by atoms with van der Waals surface area (Å²) in [4.78, 5) is 14.5. The highest BCUT2D eigenvalue weighted by Gasteiger charge is 2.43. The van der Waals surface area contributed by atoms with Crippen molar-refractivity contribution in [1.29, 1.82) is 0 Å². The Morgan fingerprint density at radius 3 is 2.86 bits per heavy atom. The molecule has 22 heavy (non-hydrogen) atoms. The van der Waals surface area contributed by atoms with Gasteiger partial charge in [-0.3, -0.25) is 4.79 Å². The molecule has 0 saturated carbocycles. The normalized spacial score (nSPS) is 24.1. The summed E-state index contributed by atoms with van der Waals surface area (Å²) in [7, 11) is 3.67. The van der Waals surface area contributed by atoms with Crippen molar-refractivity contribution < 1.29 is 14.3 Å². The third-order valence-corrected chi connectivity index (χ3v) is 5.14.